The van der Waals surface area contributed by atoms with Crippen molar-refractivity contribution in [1.82, 2.24) is 0 Å². The van der Waals surface area contributed by atoms with Crippen LogP contribution in [0.5, 0.6) is 17.2 Å². The Hall–Kier alpha value is -3.67. The summed E-state index contributed by atoms with van der Waals surface area (Å²) >= 11 is 0. The molecule has 0 bridgehead atoms. The van der Waals surface area contributed by atoms with E-state index in [1.165, 1.54) is 41.8 Å². The second-order valence-corrected chi connectivity index (χ2v) is 11.4. The number of hydrogen-bond acceptors (Lipinski definition) is 5. The molecule has 0 aromatic heterocycles. The average Bonchev–Trinajstić information content (AvgIpc) is 3.28. The number of phenols is 1. The lowest BCUT2D eigenvalue weighted by atomic mass is 9.55. The number of rotatable bonds is 6. The summed E-state index contributed by atoms with van der Waals surface area (Å²) in [5, 5.41) is 19.3. The predicted octanol–water partition coefficient (Wildman–Crippen LogP) is 7.45. The molecule has 3 aliphatic rings. The van der Waals surface area contributed by atoms with Gasteiger partial charge in [0.15, 0.2) is 0 Å². The molecule has 1 N–H and O–H groups in total. The normalized spacial score (nSPS) is 26.7. The van der Waals surface area contributed by atoms with Crippen molar-refractivity contribution >= 4 is 11.9 Å². The third kappa shape index (κ3) is 4.93. The largest absolute Gasteiger partial charge is 0.508 e. The van der Waals surface area contributed by atoms with Crippen molar-refractivity contribution in [2.45, 2.75) is 58.0 Å². The maximum Gasteiger partial charge on any atom is 0.125 e. The van der Waals surface area contributed by atoms with Crippen molar-refractivity contribution in [3.8, 4) is 17.2 Å². The van der Waals surface area contributed by atoms with E-state index in [1.807, 2.05) is 30.3 Å². The lowest BCUT2D eigenvalue weighted by Crippen LogP contribution is -2.42. The van der Waals surface area contributed by atoms with Crippen molar-refractivity contribution in [3.63, 3.8) is 0 Å². The molecule has 0 heterocycles. The van der Waals surface area contributed by atoms with Gasteiger partial charge in [-0.15, -0.1) is 0 Å². The van der Waals surface area contributed by atoms with Crippen LogP contribution in [0.3, 0.4) is 0 Å². The number of ether oxygens (including phenoxy) is 2. The highest BCUT2D eigenvalue weighted by atomic mass is 19.1. The van der Waals surface area contributed by atoms with Gasteiger partial charge < -0.3 is 14.6 Å². The summed E-state index contributed by atoms with van der Waals surface area (Å²) in [6, 6.07) is 17.8. The highest BCUT2D eigenvalue weighted by Gasteiger charge is 2.53. The van der Waals surface area contributed by atoms with Crippen molar-refractivity contribution < 1.29 is 19.0 Å². The van der Waals surface area contributed by atoms with Crippen molar-refractivity contribution in [2.75, 3.05) is 7.11 Å². The maximum atomic E-state index is 13.2. The molecule has 4 atom stereocenters. The molecule has 3 aromatic rings. The second-order valence-electron chi connectivity index (χ2n) is 11.4. The molecule has 2 fully saturated rings. The number of aromatic hydroxyl groups is 1. The van der Waals surface area contributed by atoms with E-state index in [1.54, 1.807) is 25.5 Å². The Morgan fingerprint density at radius 3 is 2.69 bits per heavy atom. The minimum absolute atomic E-state index is 0.0982. The molecular formula is C33H35FN2O3. The fourth-order valence-corrected chi connectivity index (χ4v) is 7.37. The van der Waals surface area contributed by atoms with Gasteiger partial charge in [-0.3, -0.25) is 0 Å². The summed E-state index contributed by atoms with van der Waals surface area (Å²) in [4.78, 5) is 0. The van der Waals surface area contributed by atoms with Crippen molar-refractivity contribution in [1.29, 1.82) is 0 Å². The zero-order chi connectivity index (χ0) is 27.0. The van der Waals surface area contributed by atoms with Gasteiger partial charge in [-0.05, 0) is 128 Å². The first-order valence-corrected chi connectivity index (χ1v) is 13.9. The Bertz CT molecular complexity index is 1420. The van der Waals surface area contributed by atoms with Crippen molar-refractivity contribution in [2.24, 2.45) is 27.5 Å². The molecule has 4 unspecified atom stereocenters. The molecule has 6 heteroatoms. The zero-order valence-corrected chi connectivity index (χ0v) is 22.6. The van der Waals surface area contributed by atoms with E-state index in [9.17, 15) is 9.50 Å². The Morgan fingerprint density at radius 2 is 1.87 bits per heavy atom. The van der Waals surface area contributed by atoms with Crippen LogP contribution in [-0.4, -0.2) is 24.1 Å². The molecule has 0 saturated heterocycles. The SMILES string of the molecule is COc1ccc(C=NN=C2CCC3C4CCc5cc(O)ccc5C4CCC23C)cc1COc1ccc(F)cc1. The molecule has 0 spiro atoms. The number of fused-ring (bicyclic) bond motifs is 5. The number of hydrogen-bond donors (Lipinski definition) is 1. The van der Waals surface area contributed by atoms with E-state index in [4.69, 9.17) is 14.6 Å². The first-order chi connectivity index (χ1) is 18.9. The minimum atomic E-state index is -0.291. The maximum absolute atomic E-state index is 13.2. The van der Waals surface area contributed by atoms with Crippen LogP contribution in [-0.2, 0) is 13.0 Å². The molecule has 5 nitrogen and oxygen atoms in total. The molecule has 3 aliphatic carbocycles. The first-order valence-electron chi connectivity index (χ1n) is 13.9. The molecule has 0 radical (unpaired) electrons. The van der Waals surface area contributed by atoms with Crippen molar-refractivity contribution in [3.05, 3.63) is 88.7 Å². The van der Waals surface area contributed by atoms with Crippen LogP contribution in [0, 0.1) is 23.1 Å². The highest BCUT2D eigenvalue weighted by Crippen LogP contribution is 2.60. The van der Waals surface area contributed by atoms with E-state index >= 15 is 0 Å². The summed E-state index contributed by atoms with van der Waals surface area (Å²) in [6.45, 7) is 2.70. The van der Waals surface area contributed by atoms with E-state index < -0.39 is 0 Å². The topological polar surface area (TPSA) is 63.4 Å². The second kappa shape index (κ2) is 10.5. The monoisotopic (exact) mass is 526 g/mol. The van der Waals surface area contributed by atoms with Crippen LogP contribution in [0.25, 0.3) is 0 Å². The lowest BCUT2D eigenvalue weighted by molar-refractivity contribution is 0.0955. The number of nitrogens with zero attached hydrogens (tertiary/aromatic N) is 2. The zero-order valence-electron chi connectivity index (χ0n) is 22.6. The third-order valence-electron chi connectivity index (χ3n) is 9.35. The number of phenolic OH excluding ortho intramolecular Hbond substituents is 1. The Morgan fingerprint density at radius 1 is 1.03 bits per heavy atom. The standard InChI is InChI=1S/C33H35FN2O3/c1-33-16-15-28-27-11-7-25(37)18-22(27)4-10-29(28)30(33)12-14-32(33)36-35-19-21-3-13-31(38-2)23(17-21)20-39-26-8-5-24(34)6-9-26/h3,5-9,11,13,17-19,28-30,37H,4,10,12,14-16,20H2,1-2H3. The number of methoxy groups -OCH3 is 1. The van der Waals surface area contributed by atoms with Crippen LogP contribution in [0.4, 0.5) is 4.39 Å². The quantitative estimate of drug-likeness (QED) is 0.268. The smallest absolute Gasteiger partial charge is 0.125 e. The average molecular weight is 527 g/mol. The van der Waals surface area contributed by atoms with Gasteiger partial charge in [-0.1, -0.05) is 13.0 Å². The van der Waals surface area contributed by atoms with Gasteiger partial charge >= 0.3 is 0 Å². The molecule has 202 valence electrons. The fraction of sp³-hybridized carbons (Fsp3) is 0.394. The molecular weight excluding hydrogens is 491 g/mol. The molecule has 39 heavy (non-hydrogen) atoms. The third-order valence-corrected chi connectivity index (χ3v) is 9.35. The number of aryl methyl sites for hydroxylation is 1. The van der Waals surface area contributed by atoms with Gasteiger partial charge in [0.25, 0.3) is 0 Å². The Kier molecular flexibility index (Phi) is 6.88. The minimum Gasteiger partial charge on any atom is -0.508 e. The molecule has 0 amide bonds. The number of benzene rings is 3. The summed E-state index contributed by atoms with van der Waals surface area (Å²) in [7, 11) is 1.64. The summed E-state index contributed by atoms with van der Waals surface area (Å²) in [5.74, 6) is 3.30. The predicted molar refractivity (Wildman–Crippen MR) is 151 cm³/mol. The Balaban J connectivity index is 1.16. The molecule has 6 rings (SSSR count). The fourth-order valence-electron chi connectivity index (χ4n) is 7.37. The van der Waals surface area contributed by atoms with Crippen LogP contribution in [0.15, 0.2) is 70.9 Å². The van der Waals surface area contributed by atoms with Gasteiger partial charge in [-0.25, -0.2) is 4.39 Å². The van der Waals surface area contributed by atoms with E-state index in [2.05, 4.69) is 18.1 Å². The van der Waals surface area contributed by atoms with Gasteiger partial charge in [0.05, 0.1) is 13.3 Å². The highest BCUT2D eigenvalue weighted by molar-refractivity contribution is 5.93. The van der Waals surface area contributed by atoms with Crippen LogP contribution < -0.4 is 9.47 Å². The van der Waals surface area contributed by atoms with E-state index in [-0.39, 0.29) is 11.2 Å². The van der Waals surface area contributed by atoms with E-state index in [0.29, 0.717) is 35.9 Å². The van der Waals surface area contributed by atoms with Crippen LogP contribution in [0.1, 0.15) is 67.2 Å². The first kappa shape index (κ1) is 25.6. The molecule has 3 aromatic carbocycles. The van der Waals surface area contributed by atoms with Gasteiger partial charge in [0.1, 0.15) is 29.7 Å². The van der Waals surface area contributed by atoms with Gasteiger partial charge in [-0.2, -0.15) is 10.2 Å². The lowest BCUT2D eigenvalue weighted by Gasteiger charge is -2.49. The Labute approximate surface area is 229 Å². The molecule has 2 saturated carbocycles. The summed E-state index contributed by atoms with van der Waals surface area (Å²) in [5.41, 5.74) is 5.92. The van der Waals surface area contributed by atoms with Crippen LogP contribution >= 0.6 is 0 Å². The summed E-state index contributed by atoms with van der Waals surface area (Å²) < 4.78 is 24.6. The number of halogens is 1. The van der Waals surface area contributed by atoms with Crippen LogP contribution in [0.2, 0.25) is 0 Å². The van der Waals surface area contributed by atoms with Gasteiger partial charge in [0.2, 0.25) is 0 Å². The van der Waals surface area contributed by atoms with Gasteiger partial charge in [0, 0.05) is 16.7 Å². The molecule has 0 aliphatic heterocycles. The summed E-state index contributed by atoms with van der Waals surface area (Å²) in [6.07, 6.45) is 8.50. The van der Waals surface area contributed by atoms with E-state index in [0.717, 1.165) is 42.6 Å².